The molecule has 4 amide bonds. The first-order chi connectivity index (χ1) is 15.3. The number of benzene rings is 1. The van der Waals surface area contributed by atoms with Gasteiger partial charge in [0, 0.05) is 11.5 Å². The number of nitrogens with zero attached hydrogens (tertiary/aromatic N) is 1. The molecule has 2 aliphatic carbocycles. The van der Waals surface area contributed by atoms with Crippen LogP contribution in [0.25, 0.3) is 0 Å². The lowest BCUT2D eigenvalue weighted by atomic mass is 9.52. The molecule has 0 radical (unpaired) electrons. The zero-order valence-electron chi connectivity index (χ0n) is 19.4. The maximum atomic E-state index is 11.4. The Morgan fingerprint density at radius 1 is 1.06 bits per heavy atom. The van der Waals surface area contributed by atoms with Crippen molar-refractivity contribution < 1.29 is 19.5 Å². The van der Waals surface area contributed by atoms with Crippen molar-refractivity contribution in [2.75, 3.05) is 13.6 Å². The fraction of sp³-hybridized carbons (Fsp3) is 0.640. The number of carbonyl (C=O) groups is 3. The number of barbiturate groups is 1. The number of likely N-dealkylation sites (N-methyl/N-ethyl adjacent to an activating group) is 1. The summed E-state index contributed by atoms with van der Waals surface area (Å²) in [6.07, 6.45) is 8.72. The van der Waals surface area contributed by atoms with Crippen molar-refractivity contribution in [2.24, 2.45) is 11.3 Å². The molecular weight excluding hydrogens is 406 g/mol. The molecule has 5 rings (SSSR count). The van der Waals surface area contributed by atoms with Crippen molar-refractivity contribution in [1.29, 1.82) is 0 Å². The third-order valence-corrected chi connectivity index (χ3v) is 8.63. The number of nitrogens with one attached hydrogen (secondary N) is 2. The van der Waals surface area contributed by atoms with E-state index in [4.69, 9.17) is 0 Å². The molecule has 2 bridgehead atoms. The van der Waals surface area contributed by atoms with Crippen LogP contribution in [-0.2, 0) is 21.4 Å². The lowest BCUT2D eigenvalue weighted by molar-refractivity contribution is -0.144. The third kappa shape index (κ3) is 3.51. The van der Waals surface area contributed by atoms with Gasteiger partial charge in [0.15, 0.2) is 0 Å². The number of rotatable bonds is 2. The Morgan fingerprint density at radius 3 is 2.41 bits per heavy atom. The Balaban J connectivity index is 0.000000166. The summed E-state index contributed by atoms with van der Waals surface area (Å²) in [6.45, 7) is 4.72. The predicted molar refractivity (Wildman–Crippen MR) is 121 cm³/mol. The summed E-state index contributed by atoms with van der Waals surface area (Å²) in [6, 6.07) is 6.12. The summed E-state index contributed by atoms with van der Waals surface area (Å²) < 4.78 is 0. The molecule has 32 heavy (non-hydrogen) atoms. The number of phenolic OH excluding ortho intramolecular Hbond substituents is 1. The van der Waals surface area contributed by atoms with Crippen LogP contribution in [0.4, 0.5) is 4.79 Å². The lowest BCUT2D eigenvalue weighted by Gasteiger charge is -2.58. The predicted octanol–water partition coefficient (Wildman–Crippen LogP) is 3.24. The maximum absolute atomic E-state index is 11.4. The number of urea groups is 1. The number of fused-ring (bicyclic) bond motifs is 1. The molecule has 2 saturated heterocycles. The number of amides is 4. The fourth-order valence-corrected chi connectivity index (χ4v) is 6.66. The van der Waals surface area contributed by atoms with Crippen LogP contribution in [0, 0.1) is 11.3 Å². The average Bonchev–Trinajstić information content (AvgIpc) is 2.77. The van der Waals surface area contributed by atoms with E-state index in [0.717, 1.165) is 12.0 Å². The largest absolute Gasteiger partial charge is 0.508 e. The summed E-state index contributed by atoms with van der Waals surface area (Å²) in [5.74, 6) is 0.279. The molecule has 0 spiro atoms. The topological polar surface area (TPSA) is 98.7 Å². The van der Waals surface area contributed by atoms with Gasteiger partial charge in [-0.2, -0.15) is 0 Å². The Labute approximate surface area is 189 Å². The first-order valence-corrected chi connectivity index (χ1v) is 12.0. The smallest absolute Gasteiger partial charge is 0.328 e. The Kier molecular flexibility index (Phi) is 6.05. The number of carbonyl (C=O) groups excluding carboxylic acids is 3. The zero-order valence-corrected chi connectivity index (χ0v) is 19.4. The fourth-order valence-electron chi connectivity index (χ4n) is 6.66. The number of hydrogen-bond acceptors (Lipinski definition) is 5. The van der Waals surface area contributed by atoms with Crippen molar-refractivity contribution in [1.82, 2.24) is 15.5 Å². The van der Waals surface area contributed by atoms with Gasteiger partial charge in [-0.05, 0) is 81.3 Å². The van der Waals surface area contributed by atoms with E-state index in [1.807, 2.05) is 6.07 Å². The first kappa shape index (κ1) is 22.8. The number of imide groups is 2. The molecule has 3 N–H and O–H groups in total. The molecule has 1 saturated carbocycles. The second kappa shape index (κ2) is 8.50. The van der Waals surface area contributed by atoms with Gasteiger partial charge < -0.3 is 10.0 Å². The van der Waals surface area contributed by atoms with E-state index in [2.05, 4.69) is 34.7 Å². The molecular formula is C25H35N3O4. The van der Waals surface area contributed by atoms with E-state index in [0.29, 0.717) is 24.0 Å². The van der Waals surface area contributed by atoms with Crippen molar-refractivity contribution in [3.8, 4) is 5.75 Å². The van der Waals surface area contributed by atoms with Crippen LogP contribution < -0.4 is 10.6 Å². The molecule has 3 atom stereocenters. The number of aromatic hydroxyl groups is 1. The maximum Gasteiger partial charge on any atom is 0.328 e. The second-order valence-corrected chi connectivity index (χ2v) is 9.88. The summed E-state index contributed by atoms with van der Waals surface area (Å²) in [7, 11) is 2.30. The highest BCUT2D eigenvalue weighted by Gasteiger charge is 2.53. The van der Waals surface area contributed by atoms with E-state index >= 15 is 0 Å². The van der Waals surface area contributed by atoms with Gasteiger partial charge in [0.05, 0.1) is 0 Å². The van der Waals surface area contributed by atoms with E-state index in [1.165, 1.54) is 56.2 Å². The van der Waals surface area contributed by atoms with E-state index in [1.54, 1.807) is 13.8 Å². The minimum absolute atomic E-state index is 0.377. The van der Waals surface area contributed by atoms with E-state index in [9.17, 15) is 19.5 Å². The number of likely N-dealkylation sites (tertiary alicyclic amines) is 1. The van der Waals surface area contributed by atoms with Crippen molar-refractivity contribution in [3.05, 3.63) is 29.3 Å². The average molecular weight is 442 g/mol. The summed E-state index contributed by atoms with van der Waals surface area (Å²) in [5.41, 5.74) is 2.30. The van der Waals surface area contributed by atoms with E-state index < -0.39 is 23.3 Å². The molecule has 7 heteroatoms. The molecule has 1 aromatic rings. The van der Waals surface area contributed by atoms with E-state index in [-0.39, 0.29) is 0 Å². The van der Waals surface area contributed by atoms with Gasteiger partial charge in [0.25, 0.3) is 0 Å². The monoisotopic (exact) mass is 441 g/mol. The molecule has 4 aliphatic rings. The van der Waals surface area contributed by atoms with Crippen molar-refractivity contribution in [2.45, 2.75) is 76.7 Å². The normalized spacial score (nSPS) is 30.8. The standard InChI is InChI=1S/C17H23NO.C8H12N2O3/c1-18-9-8-17-7-3-2-4-14(17)16(18)10-12-5-6-13(19)11-15(12)17;1-3-8(4-2)5(11)9-7(13)10-6(8)12/h5-6,11,14,16,19H,2-4,7-10H2,1H3;3-4H2,1-2H3,(H2,9,10,11,12,13)/t14-,16+,17+;/m0./s1. The highest BCUT2D eigenvalue weighted by molar-refractivity contribution is 6.19. The summed E-state index contributed by atoms with van der Waals surface area (Å²) in [5, 5.41) is 14.1. The van der Waals surface area contributed by atoms with Gasteiger partial charge in [-0.15, -0.1) is 0 Å². The van der Waals surface area contributed by atoms with Crippen LogP contribution in [0.1, 0.15) is 69.9 Å². The highest BCUT2D eigenvalue weighted by Crippen LogP contribution is 2.55. The minimum Gasteiger partial charge on any atom is -0.508 e. The zero-order chi connectivity index (χ0) is 23.1. The second-order valence-electron chi connectivity index (χ2n) is 9.88. The van der Waals surface area contributed by atoms with Gasteiger partial charge in [-0.25, -0.2) is 4.79 Å². The molecule has 7 nitrogen and oxygen atoms in total. The van der Waals surface area contributed by atoms with Gasteiger partial charge in [-0.3, -0.25) is 20.2 Å². The number of phenols is 1. The Bertz CT molecular complexity index is 904. The SMILES string of the molecule is CCC1(CC)C(=O)NC(=O)NC1=O.CN1CC[C@]23CCCC[C@H]2[C@H]1Cc1ccc(O)cc13. The van der Waals surface area contributed by atoms with Crippen LogP contribution in [-0.4, -0.2) is 47.5 Å². The summed E-state index contributed by atoms with van der Waals surface area (Å²) >= 11 is 0. The van der Waals surface area contributed by atoms with Crippen LogP contribution >= 0.6 is 0 Å². The summed E-state index contributed by atoms with van der Waals surface area (Å²) in [4.78, 5) is 36.1. The van der Waals surface area contributed by atoms with Gasteiger partial charge >= 0.3 is 6.03 Å². The number of hydrogen-bond donors (Lipinski definition) is 3. The quantitative estimate of drug-likeness (QED) is 0.612. The van der Waals surface area contributed by atoms with Crippen LogP contribution in [0.2, 0.25) is 0 Å². The van der Waals surface area contributed by atoms with Gasteiger partial charge in [0.1, 0.15) is 11.2 Å². The molecule has 3 fully saturated rings. The molecule has 2 heterocycles. The van der Waals surface area contributed by atoms with Crippen LogP contribution in [0.15, 0.2) is 18.2 Å². The lowest BCUT2D eigenvalue weighted by Crippen LogP contribution is -2.61. The first-order valence-electron chi connectivity index (χ1n) is 12.0. The minimum atomic E-state index is -1.06. The van der Waals surface area contributed by atoms with Crippen molar-refractivity contribution in [3.63, 3.8) is 0 Å². The van der Waals surface area contributed by atoms with Gasteiger partial charge in [0.2, 0.25) is 11.8 Å². The molecule has 2 aliphatic heterocycles. The van der Waals surface area contributed by atoms with Crippen molar-refractivity contribution >= 4 is 17.8 Å². The third-order valence-electron chi connectivity index (χ3n) is 8.63. The molecule has 1 aromatic carbocycles. The molecule has 0 aromatic heterocycles. The molecule has 0 unspecified atom stereocenters. The molecule has 174 valence electrons. The van der Waals surface area contributed by atoms with Crippen LogP contribution in [0.5, 0.6) is 5.75 Å². The van der Waals surface area contributed by atoms with Gasteiger partial charge in [-0.1, -0.05) is 32.8 Å². The number of piperidine rings is 1. The Hall–Kier alpha value is -2.41. The Morgan fingerprint density at radius 2 is 1.75 bits per heavy atom. The highest BCUT2D eigenvalue weighted by atomic mass is 16.3. The van der Waals surface area contributed by atoms with Crippen LogP contribution in [0.3, 0.4) is 0 Å².